The van der Waals surface area contributed by atoms with Crippen LogP contribution in [0.4, 0.5) is 0 Å². The fraction of sp³-hybridized carbons (Fsp3) is 0.375. The summed E-state index contributed by atoms with van der Waals surface area (Å²) in [5.74, 6) is 1.22. The van der Waals surface area contributed by atoms with Crippen LogP contribution in [0.15, 0.2) is 59.0 Å². The minimum absolute atomic E-state index is 0.105. The van der Waals surface area contributed by atoms with Crippen molar-refractivity contribution in [2.24, 2.45) is 0 Å². The first-order valence-electron chi connectivity index (χ1n) is 10.3. The number of benzene rings is 2. The summed E-state index contributed by atoms with van der Waals surface area (Å²) in [6.07, 6.45) is 7.42. The Kier molecular flexibility index (Phi) is 6.38. The van der Waals surface area contributed by atoms with Crippen molar-refractivity contribution >= 4 is 28.6 Å². The quantitative estimate of drug-likeness (QED) is 0.537. The number of nitrogens with one attached hydrogen (secondary N) is 1. The second kappa shape index (κ2) is 9.33. The zero-order valence-electron chi connectivity index (χ0n) is 16.2. The van der Waals surface area contributed by atoms with Crippen LogP contribution in [-0.2, 0) is 12.2 Å². The fourth-order valence-corrected chi connectivity index (χ4v) is 5.26. The van der Waals surface area contributed by atoms with Crippen molar-refractivity contribution in [2.45, 2.75) is 49.5 Å². The molecule has 1 aliphatic carbocycles. The summed E-state index contributed by atoms with van der Waals surface area (Å²) in [5, 5.41) is 4.82. The highest BCUT2D eigenvalue weighted by Crippen LogP contribution is 2.34. The average Bonchev–Trinajstić information content (AvgIpc) is 3.12. The van der Waals surface area contributed by atoms with E-state index in [1.807, 2.05) is 48.2 Å². The van der Waals surface area contributed by atoms with E-state index in [9.17, 15) is 4.79 Å². The first-order chi connectivity index (χ1) is 13.8. The monoisotopic (exact) mass is 393 g/mol. The molecule has 1 amide bonds. The predicted octanol–water partition coefficient (Wildman–Crippen LogP) is 5.97. The number of fused-ring (bicyclic) bond motifs is 1. The van der Waals surface area contributed by atoms with E-state index in [2.05, 4.69) is 23.5 Å². The number of hydrogen-bond acceptors (Lipinski definition) is 3. The predicted molar refractivity (Wildman–Crippen MR) is 117 cm³/mol. The van der Waals surface area contributed by atoms with Gasteiger partial charge < -0.3 is 9.73 Å². The molecule has 0 bridgehead atoms. The molecule has 1 saturated carbocycles. The normalized spacial score (nSPS) is 15.0. The summed E-state index contributed by atoms with van der Waals surface area (Å²) in [4.78, 5) is 12.9. The van der Waals surface area contributed by atoms with Crippen molar-refractivity contribution in [3.63, 3.8) is 0 Å². The molecule has 0 saturated heterocycles. The average molecular weight is 394 g/mol. The lowest BCUT2D eigenvalue weighted by Crippen LogP contribution is -2.26. The molecular weight excluding hydrogens is 366 g/mol. The molecule has 28 heavy (non-hydrogen) atoms. The summed E-state index contributed by atoms with van der Waals surface area (Å²) in [7, 11) is 0. The third-order valence-corrected chi connectivity index (χ3v) is 6.86. The van der Waals surface area contributed by atoms with Gasteiger partial charge in [0.15, 0.2) is 5.76 Å². The molecule has 4 heteroatoms. The Labute approximate surface area is 170 Å². The Morgan fingerprint density at radius 1 is 1.00 bits per heavy atom. The van der Waals surface area contributed by atoms with Crippen LogP contribution < -0.4 is 5.32 Å². The molecular formula is C24H27NO2S. The van der Waals surface area contributed by atoms with E-state index in [-0.39, 0.29) is 5.91 Å². The second-order valence-corrected chi connectivity index (χ2v) is 8.76. The number of para-hydroxylation sites is 1. The molecule has 4 rings (SSSR count). The lowest BCUT2D eigenvalue weighted by Gasteiger charge is -2.20. The van der Waals surface area contributed by atoms with E-state index in [0.717, 1.165) is 28.7 Å². The molecule has 0 aliphatic heterocycles. The molecule has 146 valence electrons. The number of hydrogen-bond donors (Lipinski definition) is 1. The smallest absolute Gasteiger partial charge is 0.287 e. The highest BCUT2D eigenvalue weighted by Gasteiger charge is 2.22. The Morgan fingerprint density at radius 3 is 2.57 bits per heavy atom. The lowest BCUT2D eigenvalue weighted by atomic mass is 10.0. The molecule has 2 aromatic carbocycles. The van der Waals surface area contributed by atoms with E-state index in [1.165, 1.54) is 37.7 Å². The van der Waals surface area contributed by atoms with Crippen molar-refractivity contribution in [2.75, 3.05) is 6.54 Å². The molecule has 1 heterocycles. The summed E-state index contributed by atoms with van der Waals surface area (Å²) in [6.45, 7) is 0.606. The minimum atomic E-state index is -0.105. The maximum Gasteiger partial charge on any atom is 0.287 e. The molecule has 0 atom stereocenters. The van der Waals surface area contributed by atoms with Gasteiger partial charge in [0, 0.05) is 28.5 Å². The topological polar surface area (TPSA) is 42.2 Å². The number of amides is 1. The number of furan rings is 1. The van der Waals surface area contributed by atoms with E-state index in [0.29, 0.717) is 17.6 Å². The van der Waals surface area contributed by atoms with Crippen molar-refractivity contribution in [1.29, 1.82) is 0 Å². The number of thioether (sulfide) groups is 1. The van der Waals surface area contributed by atoms with E-state index in [4.69, 9.17) is 4.42 Å². The molecule has 0 unspecified atom stereocenters. The molecule has 1 fully saturated rings. The summed E-state index contributed by atoms with van der Waals surface area (Å²) in [5.41, 5.74) is 3.07. The largest absolute Gasteiger partial charge is 0.451 e. The molecule has 3 nitrogen and oxygen atoms in total. The Morgan fingerprint density at radius 2 is 1.75 bits per heavy atom. The highest BCUT2D eigenvalue weighted by molar-refractivity contribution is 7.99. The third kappa shape index (κ3) is 4.61. The van der Waals surface area contributed by atoms with Gasteiger partial charge in [0.05, 0.1) is 0 Å². The minimum Gasteiger partial charge on any atom is -0.451 e. The SMILES string of the molecule is O=C(NCCc1ccccc1)c1oc2ccccc2c1CSC1CCCCC1. The van der Waals surface area contributed by atoms with Gasteiger partial charge in [-0.1, -0.05) is 67.8 Å². The van der Waals surface area contributed by atoms with Crippen molar-refractivity contribution in [3.8, 4) is 0 Å². The molecule has 3 aromatic rings. The van der Waals surface area contributed by atoms with Gasteiger partial charge in [-0.3, -0.25) is 4.79 Å². The lowest BCUT2D eigenvalue weighted by molar-refractivity contribution is 0.0927. The van der Waals surface area contributed by atoms with Crippen LogP contribution in [0.1, 0.15) is 53.8 Å². The van der Waals surface area contributed by atoms with Crippen LogP contribution in [0, 0.1) is 0 Å². The Hall–Kier alpha value is -2.20. The van der Waals surface area contributed by atoms with Gasteiger partial charge in [0.2, 0.25) is 0 Å². The van der Waals surface area contributed by atoms with Crippen LogP contribution in [0.25, 0.3) is 11.0 Å². The number of carbonyl (C=O) groups is 1. The van der Waals surface area contributed by atoms with E-state index in [1.54, 1.807) is 0 Å². The van der Waals surface area contributed by atoms with Gasteiger partial charge in [-0.05, 0) is 30.9 Å². The molecule has 1 aliphatic rings. The van der Waals surface area contributed by atoms with Gasteiger partial charge in [-0.2, -0.15) is 11.8 Å². The second-order valence-electron chi connectivity index (χ2n) is 7.47. The van der Waals surface area contributed by atoms with E-state index >= 15 is 0 Å². The summed E-state index contributed by atoms with van der Waals surface area (Å²) < 4.78 is 5.98. The summed E-state index contributed by atoms with van der Waals surface area (Å²) in [6, 6.07) is 18.2. The zero-order chi connectivity index (χ0) is 19.2. The maximum atomic E-state index is 12.9. The van der Waals surface area contributed by atoms with Crippen LogP contribution in [-0.4, -0.2) is 17.7 Å². The molecule has 1 N–H and O–H groups in total. The number of carbonyl (C=O) groups excluding carboxylic acids is 1. The van der Waals surface area contributed by atoms with E-state index < -0.39 is 0 Å². The Balaban J connectivity index is 1.46. The van der Waals surface area contributed by atoms with Gasteiger partial charge in [-0.25, -0.2) is 0 Å². The van der Waals surface area contributed by atoms with Crippen LogP contribution in [0.2, 0.25) is 0 Å². The third-order valence-electron chi connectivity index (χ3n) is 5.46. The van der Waals surface area contributed by atoms with Crippen molar-refractivity contribution in [1.82, 2.24) is 5.32 Å². The summed E-state index contributed by atoms with van der Waals surface area (Å²) >= 11 is 1.98. The molecule has 1 aromatic heterocycles. The van der Waals surface area contributed by atoms with Gasteiger partial charge in [-0.15, -0.1) is 0 Å². The van der Waals surface area contributed by atoms with Crippen molar-refractivity contribution < 1.29 is 9.21 Å². The van der Waals surface area contributed by atoms with Gasteiger partial charge in [0.25, 0.3) is 5.91 Å². The van der Waals surface area contributed by atoms with Gasteiger partial charge >= 0.3 is 0 Å². The molecule has 0 radical (unpaired) electrons. The van der Waals surface area contributed by atoms with Crippen LogP contribution >= 0.6 is 11.8 Å². The van der Waals surface area contributed by atoms with Crippen LogP contribution in [0.5, 0.6) is 0 Å². The Bertz CT molecular complexity index is 913. The van der Waals surface area contributed by atoms with Crippen molar-refractivity contribution in [3.05, 3.63) is 71.5 Å². The first kappa shape index (κ1) is 19.1. The van der Waals surface area contributed by atoms with Crippen LogP contribution in [0.3, 0.4) is 0 Å². The maximum absolute atomic E-state index is 12.9. The fourth-order valence-electron chi connectivity index (χ4n) is 3.90. The standard InChI is InChI=1S/C24H27NO2S/c26-24(25-16-15-18-9-3-1-4-10-18)23-21(17-28-19-11-5-2-6-12-19)20-13-7-8-14-22(20)27-23/h1,3-4,7-10,13-14,19H,2,5-6,11-12,15-17H2,(H,25,26). The molecule has 0 spiro atoms. The van der Waals surface area contributed by atoms with Gasteiger partial charge in [0.1, 0.15) is 5.58 Å². The number of rotatable bonds is 7. The first-order valence-corrected chi connectivity index (χ1v) is 11.3. The zero-order valence-corrected chi connectivity index (χ0v) is 17.0. The highest BCUT2D eigenvalue weighted by atomic mass is 32.2.